The Morgan fingerprint density at radius 1 is 0.455 bits per heavy atom. The lowest BCUT2D eigenvalue weighted by molar-refractivity contribution is 0.103. The predicted octanol–water partition coefficient (Wildman–Crippen LogP) is 18.0. The minimum atomic E-state index is -0.750. The van der Waals surface area contributed by atoms with E-state index in [1.54, 1.807) is 24.3 Å². The Kier molecular flexibility index (Phi) is 29.5. The summed E-state index contributed by atoms with van der Waals surface area (Å²) in [5.74, 6) is 0.925. The molecule has 6 bridgehead atoms. The largest absolute Gasteiger partial charge is 0.494 e. The zero-order chi connectivity index (χ0) is 49.3. The Hall–Kier alpha value is -2.28. The quantitative estimate of drug-likeness (QED) is 0.170. The minimum absolute atomic E-state index is 0.183. The molecule has 0 aliphatic carbocycles. The van der Waals surface area contributed by atoms with Crippen LogP contribution in [0.25, 0.3) is 0 Å². The summed E-state index contributed by atoms with van der Waals surface area (Å²) in [5, 5.41) is 6.94. The Balaban J connectivity index is 0.000000811. The van der Waals surface area contributed by atoms with Crippen molar-refractivity contribution in [2.24, 2.45) is 9.98 Å². The fraction of sp³-hybridized carbons (Fsp3) is 0.304. The molecule has 0 aromatic heterocycles. The number of aliphatic imine (C=N–C) groups is 2. The third kappa shape index (κ3) is 23.3. The van der Waals surface area contributed by atoms with Gasteiger partial charge in [-0.05, 0) is 102 Å². The lowest BCUT2D eigenvalue weighted by atomic mass is 9.97. The number of carbonyl (C=O) groups is 2. The van der Waals surface area contributed by atoms with Gasteiger partial charge in [0.1, 0.15) is 11.5 Å². The van der Waals surface area contributed by atoms with Crippen molar-refractivity contribution in [2.75, 3.05) is 23.8 Å². The third-order valence-corrected chi connectivity index (χ3v) is 8.73. The van der Waals surface area contributed by atoms with Gasteiger partial charge in [-0.15, -0.1) is 0 Å². The molecule has 8 nitrogen and oxygen atoms in total. The summed E-state index contributed by atoms with van der Waals surface area (Å²) in [7, 11) is 0. The van der Waals surface area contributed by atoms with Crippen LogP contribution in [0.5, 0.6) is 11.5 Å². The second-order valence-electron chi connectivity index (χ2n) is 13.5. The predicted molar refractivity (Wildman–Crippen MR) is 287 cm³/mol. The van der Waals surface area contributed by atoms with E-state index < -0.39 is 17.2 Å². The van der Waals surface area contributed by atoms with Gasteiger partial charge >= 0.3 is 0 Å². The molecular weight excluding hydrogens is 1100 g/mol. The number of alkyl halides is 12. The van der Waals surface area contributed by atoms with E-state index in [1.807, 2.05) is 100 Å². The molecule has 0 amide bonds. The van der Waals surface area contributed by atoms with E-state index in [4.69, 9.17) is 159 Å². The smallest absolute Gasteiger partial charge is 0.196 e. The highest BCUT2D eigenvalue weighted by atomic mass is 35.6. The highest BCUT2D eigenvalue weighted by Gasteiger charge is 2.23. The number of benzene rings is 4. The number of Topliss-reactive ketones (excluding diaryl/α,β-unsaturated/α-hetero) is 2. The average molecular weight is 1140 g/mol. The van der Waals surface area contributed by atoms with Crippen LogP contribution in [0.15, 0.2) is 130 Å². The molecule has 358 valence electrons. The van der Waals surface area contributed by atoms with Crippen LogP contribution in [0.4, 0.5) is 22.7 Å². The first kappa shape index (κ1) is 59.8. The standard InChI is InChI=1S/C42H42N4O4.4CHCl3/c1-27-39-28(2)44-37-21-9-10-22-38(37)46-30(4)40(29(3)45-36-20-8-7-19-35(36)43-27)42(48)32-16-14-18-34(26-32)50-24-12-6-5-11-23-49-33-17-13-15-31(25-33)41(39)47;4*2-1(3)4/h7-10,13-22,25-26,43,46H,5-6,11-12,23-24H2,1-4H3;4*1H/b39-27+,40-30+,44-28?,45-29?;;;;. The number of ether oxygens (including phenoxy) is 2. The summed E-state index contributed by atoms with van der Waals surface area (Å²) in [6.07, 6.45) is 3.72. The number of allylic oxidation sites excluding steroid dienone is 4. The fourth-order valence-corrected chi connectivity index (χ4v) is 6.25. The Morgan fingerprint density at radius 2 is 0.773 bits per heavy atom. The van der Waals surface area contributed by atoms with Crippen LogP contribution < -0.4 is 20.1 Å². The van der Waals surface area contributed by atoms with Crippen LogP contribution in [0.1, 0.15) is 74.1 Å². The van der Waals surface area contributed by atoms with Crippen molar-refractivity contribution in [3.8, 4) is 11.5 Å². The Bertz CT molecular complexity index is 2120. The van der Waals surface area contributed by atoms with E-state index in [0.29, 0.717) is 92.6 Å². The molecule has 0 saturated heterocycles. The number of nitrogens with zero attached hydrogens (tertiary/aromatic N) is 2. The van der Waals surface area contributed by atoms with Crippen LogP contribution >= 0.6 is 139 Å². The maximum Gasteiger partial charge on any atom is 0.196 e. The average Bonchev–Trinajstić information content (AvgIpc) is 3.22. The lowest BCUT2D eigenvalue weighted by Gasteiger charge is -2.19. The molecule has 7 rings (SSSR count). The number of anilines is 2. The number of fused-ring (bicyclic) bond motifs is 9. The number of nitrogens with one attached hydrogen (secondary N) is 2. The zero-order valence-electron chi connectivity index (χ0n) is 35.9. The molecule has 66 heavy (non-hydrogen) atoms. The van der Waals surface area contributed by atoms with Crippen molar-refractivity contribution in [3.63, 3.8) is 0 Å². The van der Waals surface area contributed by atoms with Crippen LogP contribution in [-0.2, 0) is 0 Å². The molecule has 3 aliphatic heterocycles. The number of carbonyl (C=O) groups excluding carboxylic acids is 2. The topological polar surface area (TPSA) is 101 Å². The molecular formula is C46H46Cl12N4O4. The van der Waals surface area contributed by atoms with Crippen molar-refractivity contribution >= 4 is 185 Å². The zero-order valence-corrected chi connectivity index (χ0v) is 44.9. The number of rotatable bonds is 0. The van der Waals surface area contributed by atoms with Gasteiger partial charge in [0.2, 0.25) is 0 Å². The number of hydrogen-bond donors (Lipinski definition) is 2. The van der Waals surface area contributed by atoms with Crippen LogP contribution in [0.3, 0.4) is 0 Å². The van der Waals surface area contributed by atoms with Crippen molar-refractivity contribution in [3.05, 3.63) is 131 Å². The van der Waals surface area contributed by atoms with Crippen molar-refractivity contribution in [2.45, 2.75) is 70.6 Å². The number of halogens is 12. The summed E-state index contributed by atoms with van der Waals surface area (Å²) in [6.45, 7) is 8.51. The molecule has 0 spiro atoms. The third-order valence-electron chi connectivity index (χ3n) is 8.73. The maximum atomic E-state index is 14.4. The van der Waals surface area contributed by atoms with Gasteiger partial charge in [0.05, 0.1) is 58.5 Å². The SMILES string of the molecule is CC1=Nc2ccccc2N/C(C)=C2/C(=O)c3cccc(c3)OCCCCCCOc3cccc(c3)C(=O)/C1=C(\C)Nc1ccccc1N=C2C.ClC(Cl)Cl.ClC(Cl)Cl.ClC(Cl)Cl.ClC(Cl)Cl. The summed E-state index contributed by atoms with van der Waals surface area (Å²) in [5.41, 5.74) is 6.73. The summed E-state index contributed by atoms with van der Waals surface area (Å²) >= 11 is 57.7. The molecule has 3 aliphatic rings. The van der Waals surface area contributed by atoms with Gasteiger partial charge < -0.3 is 20.1 Å². The van der Waals surface area contributed by atoms with Gasteiger partial charge in [-0.25, -0.2) is 0 Å². The van der Waals surface area contributed by atoms with Crippen LogP contribution in [-0.4, -0.2) is 53.4 Å². The van der Waals surface area contributed by atoms with E-state index in [0.717, 1.165) is 25.7 Å². The van der Waals surface area contributed by atoms with Gasteiger partial charge in [0.25, 0.3) is 0 Å². The minimum Gasteiger partial charge on any atom is -0.494 e. The molecule has 0 fully saturated rings. The summed E-state index contributed by atoms with van der Waals surface area (Å²) in [4.78, 5) is 38.9. The monoisotopic (exact) mass is 1140 g/mol. The Labute approximate surface area is 446 Å². The second-order valence-corrected chi connectivity index (χ2v) is 21.4. The molecule has 0 atom stereocenters. The van der Waals surface area contributed by atoms with E-state index in [1.165, 1.54) is 0 Å². The van der Waals surface area contributed by atoms with E-state index in [-0.39, 0.29) is 11.6 Å². The highest BCUT2D eigenvalue weighted by molar-refractivity contribution is 6.64. The Morgan fingerprint density at radius 3 is 1.11 bits per heavy atom. The first-order valence-corrected chi connectivity index (χ1v) is 24.9. The second kappa shape index (κ2) is 32.5. The molecule has 0 unspecified atom stereocenters. The number of para-hydroxylation sites is 4. The van der Waals surface area contributed by atoms with Crippen molar-refractivity contribution < 1.29 is 19.1 Å². The van der Waals surface area contributed by atoms with E-state index in [9.17, 15) is 9.59 Å². The fourth-order valence-electron chi connectivity index (χ4n) is 6.25. The van der Waals surface area contributed by atoms with Gasteiger partial charge in [0, 0.05) is 22.5 Å². The molecule has 20 heteroatoms. The number of ketones is 2. The summed E-state index contributed by atoms with van der Waals surface area (Å²) in [6, 6.07) is 29.8. The normalized spacial score (nSPS) is 16.7. The van der Waals surface area contributed by atoms with Gasteiger partial charge in [-0.3, -0.25) is 19.6 Å². The number of hydrogen-bond acceptors (Lipinski definition) is 8. The molecule has 3 heterocycles. The van der Waals surface area contributed by atoms with E-state index >= 15 is 0 Å². The lowest BCUT2D eigenvalue weighted by Crippen LogP contribution is -2.18. The van der Waals surface area contributed by atoms with Gasteiger partial charge in [-0.1, -0.05) is 188 Å². The summed E-state index contributed by atoms with van der Waals surface area (Å²) < 4.78 is 9.17. The van der Waals surface area contributed by atoms with E-state index in [2.05, 4.69) is 10.6 Å². The first-order valence-electron chi connectivity index (χ1n) is 19.7. The van der Waals surface area contributed by atoms with Crippen molar-refractivity contribution in [1.29, 1.82) is 0 Å². The highest BCUT2D eigenvalue weighted by Crippen LogP contribution is 2.33. The molecule has 4 aromatic rings. The van der Waals surface area contributed by atoms with Gasteiger partial charge in [0.15, 0.2) is 28.7 Å². The molecule has 0 radical (unpaired) electrons. The van der Waals surface area contributed by atoms with Crippen LogP contribution in [0, 0.1) is 0 Å². The first-order chi connectivity index (χ1) is 31.2. The van der Waals surface area contributed by atoms with Crippen molar-refractivity contribution in [1.82, 2.24) is 0 Å². The maximum absolute atomic E-state index is 14.4. The molecule has 0 saturated carbocycles. The van der Waals surface area contributed by atoms with Gasteiger partial charge in [-0.2, -0.15) is 0 Å². The van der Waals surface area contributed by atoms with Crippen LogP contribution in [0.2, 0.25) is 0 Å². The molecule has 4 aromatic carbocycles. The molecule has 2 N–H and O–H groups in total.